The summed E-state index contributed by atoms with van der Waals surface area (Å²) >= 11 is 6.31. The van der Waals surface area contributed by atoms with Crippen LogP contribution in [0.3, 0.4) is 0 Å². The number of carbonyl (C=O) groups excluding carboxylic acids is 1. The van der Waals surface area contributed by atoms with Gasteiger partial charge in [-0.05, 0) is 32.4 Å². The number of hydrogen-bond donors (Lipinski definition) is 2. The van der Waals surface area contributed by atoms with Gasteiger partial charge in [0.1, 0.15) is 5.75 Å². The van der Waals surface area contributed by atoms with Crippen molar-refractivity contribution in [1.29, 1.82) is 0 Å². The lowest BCUT2D eigenvalue weighted by Crippen LogP contribution is -2.15. The minimum absolute atomic E-state index is 0.0167. The molecule has 0 radical (unpaired) electrons. The molecular weight excluding hydrogens is 292 g/mol. The molecule has 1 unspecified atom stereocenters. The molecular formula is C15H19ClN2O3. The molecule has 1 heterocycles. The number of nitrogens with one attached hydrogen (secondary N) is 1. The number of carbonyl (C=O) groups is 1. The van der Waals surface area contributed by atoms with Gasteiger partial charge in [-0.15, -0.1) is 0 Å². The fourth-order valence-corrected chi connectivity index (χ4v) is 2.88. The molecule has 0 bridgehead atoms. The number of ether oxygens (including phenoxy) is 1. The van der Waals surface area contributed by atoms with Gasteiger partial charge in [-0.25, -0.2) is 0 Å². The lowest BCUT2D eigenvalue weighted by atomic mass is 9.90. The summed E-state index contributed by atoms with van der Waals surface area (Å²) < 4.78 is 5.78. The van der Waals surface area contributed by atoms with Crippen LogP contribution in [-0.2, 0) is 4.79 Å². The molecule has 1 fully saturated rings. The first-order valence-electron chi connectivity index (χ1n) is 6.91. The van der Waals surface area contributed by atoms with E-state index in [-0.39, 0.29) is 11.8 Å². The maximum Gasteiger partial charge on any atom is 0.220 e. The van der Waals surface area contributed by atoms with Gasteiger partial charge in [0, 0.05) is 35.0 Å². The van der Waals surface area contributed by atoms with Crippen molar-refractivity contribution >= 4 is 23.2 Å². The molecule has 1 aromatic rings. The molecule has 1 atom stereocenters. The van der Waals surface area contributed by atoms with Crippen molar-refractivity contribution in [1.82, 2.24) is 5.32 Å². The number of halogens is 1. The number of hydrogen-bond acceptors (Lipinski definition) is 4. The average Bonchev–Trinajstić information content (AvgIpc) is 2.88. The Balaban J connectivity index is 2.64. The summed E-state index contributed by atoms with van der Waals surface area (Å²) in [5.74, 6) is 0.690. The topological polar surface area (TPSA) is 70.9 Å². The largest absolute Gasteiger partial charge is 0.493 e. The van der Waals surface area contributed by atoms with Crippen LogP contribution in [0.25, 0.3) is 0 Å². The Bertz CT molecular complexity index is 599. The molecule has 6 heteroatoms. The zero-order valence-corrected chi connectivity index (χ0v) is 13.1. The third-order valence-corrected chi connectivity index (χ3v) is 4.13. The van der Waals surface area contributed by atoms with E-state index < -0.39 is 0 Å². The highest BCUT2D eigenvalue weighted by atomic mass is 35.5. The maximum absolute atomic E-state index is 11.5. The fraction of sp³-hybridized carbons (Fsp3) is 0.467. The average molecular weight is 311 g/mol. The van der Waals surface area contributed by atoms with Crippen LogP contribution in [0.5, 0.6) is 5.75 Å². The minimum Gasteiger partial charge on any atom is -0.493 e. The van der Waals surface area contributed by atoms with Crippen LogP contribution >= 0.6 is 11.6 Å². The molecule has 1 amide bonds. The van der Waals surface area contributed by atoms with Gasteiger partial charge in [0.15, 0.2) is 0 Å². The van der Waals surface area contributed by atoms with Gasteiger partial charge in [0.2, 0.25) is 5.91 Å². The van der Waals surface area contributed by atoms with Crippen molar-refractivity contribution in [2.45, 2.75) is 33.1 Å². The highest BCUT2D eigenvalue weighted by molar-refractivity contribution is 6.32. The van der Waals surface area contributed by atoms with Crippen LogP contribution in [0, 0.1) is 6.92 Å². The van der Waals surface area contributed by atoms with Crippen molar-refractivity contribution < 1.29 is 14.7 Å². The van der Waals surface area contributed by atoms with E-state index in [1.54, 1.807) is 13.0 Å². The van der Waals surface area contributed by atoms with Crippen LogP contribution in [0.4, 0.5) is 0 Å². The summed E-state index contributed by atoms with van der Waals surface area (Å²) in [4.78, 5) is 11.5. The first-order chi connectivity index (χ1) is 9.99. The van der Waals surface area contributed by atoms with E-state index >= 15 is 0 Å². The molecule has 1 aliphatic rings. The van der Waals surface area contributed by atoms with Crippen LogP contribution in [0.15, 0.2) is 11.2 Å². The van der Waals surface area contributed by atoms with Gasteiger partial charge in [-0.3, -0.25) is 4.79 Å². The lowest BCUT2D eigenvalue weighted by Gasteiger charge is -2.21. The summed E-state index contributed by atoms with van der Waals surface area (Å²) in [6, 6.07) is 1.74. The molecule has 21 heavy (non-hydrogen) atoms. The molecule has 114 valence electrons. The van der Waals surface area contributed by atoms with Gasteiger partial charge in [0.25, 0.3) is 0 Å². The molecule has 2 rings (SSSR count). The normalized spacial score (nSPS) is 18.8. The Morgan fingerprint density at radius 2 is 2.33 bits per heavy atom. The second-order valence-electron chi connectivity index (χ2n) is 5.10. The zero-order valence-electron chi connectivity index (χ0n) is 12.4. The first-order valence-corrected chi connectivity index (χ1v) is 7.28. The molecule has 1 aromatic carbocycles. The van der Waals surface area contributed by atoms with E-state index in [0.717, 1.165) is 11.1 Å². The maximum atomic E-state index is 11.5. The summed E-state index contributed by atoms with van der Waals surface area (Å²) in [5, 5.41) is 15.7. The van der Waals surface area contributed by atoms with Gasteiger partial charge >= 0.3 is 0 Å². The molecule has 0 spiro atoms. The minimum atomic E-state index is 0.0167. The van der Waals surface area contributed by atoms with Crippen LogP contribution in [0.2, 0.25) is 5.02 Å². The number of rotatable bonds is 4. The quantitative estimate of drug-likeness (QED) is 0.510. The summed E-state index contributed by atoms with van der Waals surface area (Å²) in [6.07, 6.45) is 0.413. The predicted octanol–water partition coefficient (Wildman–Crippen LogP) is 2.85. The van der Waals surface area contributed by atoms with E-state index in [0.29, 0.717) is 41.6 Å². The van der Waals surface area contributed by atoms with E-state index in [1.807, 2.05) is 13.8 Å². The van der Waals surface area contributed by atoms with Crippen LogP contribution in [-0.4, -0.2) is 30.0 Å². The molecule has 0 saturated carbocycles. The number of amides is 1. The molecule has 0 aromatic heterocycles. The molecule has 0 aliphatic carbocycles. The van der Waals surface area contributed by atoms with Gasteiger partial charge in [0.05, 0.1) is 12.3 Å². The monoisotopic (exact) mass is 310 g/mol. The second-order valence-corrected chi connectivity index (χ2v) is 5.50. The smallest absolute Gasteiger partial charge is 0.220 e. The SMILES string of the molecule is CCOc1c(/C(C)=N/O)cc(Cl)c(C)c1C1CNC(=O)C1. The fourth-order valence-electron chi connectivity index (χ4n) is 2.67. The number of nitrogens with zero attached hydrogens (tertiary/aromatic N) is 1. The summed E-state index contributed by atoms with van der Waals surface area (Å²) in [6.45, 7) is 6.53. The van der Waals surface area contributed by atoms with E-state index in [2.05, 4.69) is 10.5 Å². The van der Waals surface area contributed by atoms with E-state index in [4.69, 9.17) is 21.5 Å². The molecule has 2 N–H and O–H groups in total. The van der Waals surface area contributed by atoms with Crippen LogP contribution in [0.1, 0.15) is 42.9 Å². The predicted molar refractivity (Wildman–Crippen MR) is 81.7 cm³/mol. The Labute approximate surface area is 128 Å². The third-order valence-electron chi connectivity index (χ3n) is 3.74. The molecule has 5 nitrogen and oxygen atoms in total. The van der Waals surface area contributed by atoms with Crippen molar-refractivity contribution in [3.05, 3.63) is 27.8 Å². The van der Waals surface area contributed by atoms with Gasteiger partial charge < -0.3 is 15.3 Å². The van der Waals surface area contributed by atoms with E-state index in [9.17, 15) is 4.79 Å². The van der Waals surface area contributed by atoms with Crippen molar-refractivity contribution in [3.63, 3.8) is 0 Å². The molecule has 1 aliphatic heterocycles. The third kappa shape index (κ3) is 2.97. The summed E-state index contributed by atoms with van der Waals surface area (Å²) in [5.41, 5.74) is 2.90. The summed E-state index contributed by atoms with van der Waals surface area (Å²) in [7, 11) is 0. The Kier molecular flexibility index (Phi) is 4.73. The zero-order chi connectivity index (χ0) is 15.6. The highest BCUT2D eigenvalue weighted by Crippen LogP contribution is 2.40. The Morgan fingerprint density at radius 1 is 1.62 bits per heavy atom. The van der Waals surface area contributed by atoms with Gasteiger partial charge in [-0.1, -0.05) is 16.8 Å². The van der Waals surface area contributed by atoms with Crippen molar-refractivity contribution in [2.24, 2.45) is 5.16 Å². The highest BCUT2D eigenvalue weighted by Gasteiger charge is 2.30. The number of benzene rings is 1. The lowest BCUT2D eigenvalue weighted by molar-refractivity contribution is -0.119. The van der Waals surface area contributed by atoms with Crippen molar-refractivity contribution in [3.8, 4) is 5.75 Å². The van der Waals surface area contributed by atoms with E-state index in [1.165, 1.54) is 0 Å². The Hall–Kier alpha value is -1.75. The second kappa shape index (κ2) is 6.35. The Morgan fingerprint density at radius 3 is 2.86 bits per heavy atom. The van der Waals surface area contributed by atoms with Crippen LogP contribution < -0.4 is 10.1 Å². The van der Waals surface area contributed by atoms with Crippen molar-refractivity contribution in [2.75, 3.05) is 13.2 Å². The first kappa shape index (κ1) is 15.6. The van der Waals surface area contributed by atoms with Gasteiger partial charge in [-0.2, -0.15) is 0 Å². The molecule has 1 saturated heterocycles. The standard InChI is InChI=1S/C15H19ClN2O3/c1-4-21-15-11(9(3)18-20)6-12(16)8(2)14(15)10-5-13(19)17-7-10/h6,10,20H,4-5,7H2,1-3H3,(H,17,19)/b18-9+. The number of oxime groups is 1.